The standard InChI is InChI=1S/C18H20N2O3S2/c1-11(2)9-13-10-24-18-16(13)17(19-12(3)20-18)23-14-5-7-15(8-6-14)25(4,21)22/h5-8,10-11H,9H2,1-4H3. The number of ether oxygens (including phenoxy) is 1. The number of fused-ring (bicyclic) bond motifs is 1. The fraction of sp³-hybridized carbons (Fsp3) is 0.333. The van der Waals surface area contributed by atoms with E-state index in [1.54, 1.807) is 35.6 Å². The van der Waals surface area contributed by atoms with Crippen molar-refractivity contribution in [3.8, 4) is 11.6 Å². The van der Waals surface area contributed by atoms with Crippen LogP contribution in [-0.4, -0.2) is 24.6 Å². The Bertz CT molecular complexity index is 1010. The largest absolute Gasteiger partial charge is 0.438 e. The minimum absolute atomic E-state index is 0.264. The molecule has 2 heterocycles. The maximum absolute atomic E-state index is 11.6. The van der Waals surface area contributed by atoms with Crippen LogP contribution in [-0.2, 0) is 16.3 Å². The lowest BCUT2D eigenvalue weighted by Gasteiger charge is -2.10. The Morgan fingerprint density at radius 2 is 1.84 bits per heavy atom. The highest BCUT2D eigenvalue weighted by molar-refractivity contribution is 7.90. The smallest absolute Gasteiger partial charge is 0.231 e. The van der Waals surface area contributed by atoms with E-state index in [2.05, 4.69) is 29.2 Å². The van der Waals surface area contributed by atoms with E-state index in [4.69, 9.17) is 4.74 Å². The molecular weight excluding hydrogens is 356 g/mol. The number of hydrogen-bond acceptors (Lipinski definition) is 6. The van der Waals surface area contributed by atoms with E-state index >= 15 is 0 Å². The molecule has 0 amide bonds. The molecular formula is C18H20N2O3S2. The van der Waals surface area contributed by atoms with Crippen molar-refractivity contribution in [3.63, 3.8) is 0 Å². The Balaban J connectivity index is 2.01. The summed E-state index contributed by atoms with van der Waals surface area (Å²) in [5.41, 5.74) is 1.18. The van der Waals surface area contributed by atoms with Gasteiger partial charge >= 0.3 is 0 Å². The monoisotopic (exact) mass is 376 g/mol. The van der Waals surface area contributed by atoms with E-state index in [0.717, 1.165) is 16.6 Å². The van der Waals surface area contributed by atoms with Crippen LogP contribution in [0.25, 0.3) is 10.2 Å². The maximum atomic E-state index is 11.6. The topological polar surface area (TPSA) is 69.2 Å². The Hall–Kier alpha value is -1.99. The van der Waals surface area contributed by atoms with Crippen LogP contribution in [0.2, 0.25) is 0 Å². The molecule has 3 aromatic rings. The lowest BCUT2D eigenvalue weighted by molar-refractivity contribution is 0.465. The molecule has 0 fully saturated rings. The summed E-state index contributed by atoms with van der Waals surface area (Å²) in [5, 5.41) is 3.05. The minimum Gasteiger partial charge on any atom is -0.438 e. The predicted octanol–water partition coefficient (Wildman–Crippen LogP) is 4.39. The third kappa shape index (κ3) is 3.99. The second kappa shape index (κ2) is 6.72. The van der Waals surface area contributed by atoms with Gasteiger partial charge in [0, 0.05) is 6.26 Å². The number of thiophene rings is 1. The molecule has 0 atom stereocenters. The second-order valence-corrected chi connectivity index (χ2v) is 9.33. The number of benzene rings is 1. The van der Waals surface area contributed by atoms with Gasteiger partial charge in [-0.25, -0.2) is 13.4 Å². The van der Waals surface area contributed by atoms with Crippen LogP contribution >= 0.6 is 11.3 Å². The second-order valence-electron chi connectivity index (χ2n) is 6.46. The third-order valence-electron chi connectivity index (χ3n) is 3.68. The number of hydrogen-bond donors (Lipinski definition) is 0. The van der Waals surface area contributed by atoms with Crippen LogP contribution in [0.4, 0.5) is 0 Å². The summed E-state index contributed by atoms with van der Waals surface area (Å²) in [6, 6.07) is 6.37. The first-order chi connectivity index (χ1) is 11.7. The van der Waals surface area contributed by atoms with Gasteiger partial charge in [-0.3, -0.25) is 0 Å². The van der Waals surface area contributed by atoms with E-state index in [1.807, 2.05) is 6.92 Å². The lowest BCUT2D eigenvalue weighted by atomic mass is 10.0. The van der Waals surface area contributed by atoms with Gasteiger partial charge in [-0.05, 0) is 54.5 Å². The van der Waals surface area contributed by atoms with Gasteiger partial charge in [-0.15, -0.1) is 11.3 Å². The summed E-state index contributed by atoms with van der Waals surface area (Å²) < 4.78 is 29.1. The first-order valence-electron chi connectivity index (χ1n) is 7.96. The van der Waals surface area contributed by atoms with Crippen molar-refractivity contribution >= 4 is 31.4 Å². The van der Waals surface area contributed by atoms with E-state index in [1.165, 1.54) is 11.8 Å². The molecule has 0 bridgehead atoms. The van der Waals surface area contributed by atoms with Crippen molar-refractivity contribution in [2.75, 3.05) is 6.26 Å². The molecule has 7 heteroatoms. The molecule has 0 aliphatic heterocycles. The van der Waals surface area contributed by atoms with E-state index in [9.17, 15) is 8.42 Å². The zero-order valence-electron chi connectivity index (χ0n) is 14.6. The first kappa shape index (κ1) is 17.8. The molecule has 0 saturated carbocycles. The fourth-order valence-electron chi connectivity index (χ4n) is 2.60. The van der Waals surface area contributed by atoms with E-state index in [-0.39, 0.29) is 4.90 Å². The molecule has 25 heavy (non-hydrogen) atoms. The summed E-state index contributed by atoms with van der Waals surface area (Å²) in [7, 11) is -3.22. The fourth-order valence-corrected chi connectivity index (χ4v) is 4.22. The summed E-state index contributed by atoms with van der Waals surface area (Å²) in [6.45, 7) is 6.17. The van der Waals surface area contributed by atoms with E-state index in [0.29, 0.717) is 23.4 Å². The van der Waals surface area contributed by atoms with E-state index < -0.39 is 9.84 Å². The normalized spacial score (nSPS) is 12.0. The zero-order valence-corrected chi connectivity index (χ0v) is 16.2. The number of aryl methyl sites for hydroxylation is 1. The highest BCUT2D eigenvalue weighted by atomic mass is 32.2. The van der Waals surface area contributed by atoms with Gasteiger partial charge in [0.1, 0.15) is 16.4 Å². The van der Waals surface area contributed by atoms with Gasteiger partial charge < -0.3 is 4.74 Å². The molecule has 2 aromatic heterocycles. The van der Waals surface area contributed by atoms with Crippen molar-refractivity contribution in [2.45, 2.75) is 32.1 Å². The van der Waals surface area contributed by atoms with Crippen molar-refractivity contribution in [3.05, 3.63) is 41.0 Å². The van der Waals surface area contributed by atoms with Crippen LogP contribution in [0.15, 0.2) is 34.5 Å². The molecule has 1 aromatic carbocycles. The summed E-state index contributed by atoms with van der Waals surface area (Å²) >= 11 is 1.59. The molecule has 3 rings (SSSR count). The predicted molar refractivity (Wildman–Crippen MR) is 100 cm³/mol. The Labute approximate surface area is 151 Å². The number of rotatable bonds is 5. The Kier molecular flexibility index (Phi) is 4.79. The quantitative estimate of drug-likeness (QED) is 0.660. The molecule has 5 nitrogen and oxygen atoms in total. The molecule has 0 radical (unpaired) electrons. The van der Waals surface area contributed by atoms with Crippen LogP contribution in [0.3, 0.4) is 0 Å². The van der Waals surface area contributed by atoms with Gasteiger partial charge in [0.25, 0.3) is 0 Å². The Morgan fingerprint density at radius 1 is 1.16 bits per heavy atom. The zero-order chi connectivity index (χ0) is 18.2. The third-order valence-corrected chi connectivity index (χ3v) is 5.73. The van der Waals surface area contributed by atoms with Gasteiger partial charge in [-0.1, -0.05) is 13.8 Å². The maximum Gasteiger partial charge on any atom is 0.231 e. The summed E-state index contributed by atoms with van der Waals surface area (Å²) in [5.74, 6) is 2.23. The van der Waals surface area contributed by atoms with Crippen molar-refractivity contribution < 1.29 is 13.2 Å². The van der Waals surface area contributed by atoms with Crippen molar-refractivity contribution in [2.24, 2.45) is 5.92 Å². The van der Waals surface area contributed by atoms with Gasteiger partial charge in [0.05, 0.1) is 10.3 Å². The summed E-state index contributed by atoms with van der Waals surface area (Å²) in [4.78, 5) is 10.1. The Morgan fingerprint density at radius 3 is 2.44 bits per heavy atom. The number of sulfone groups is 1. The van der Waals surface area contributed by atoms with Crippen LogP contribution in [0.5, 0.6) is 11.6 Å². The molecule has 132 valence electrons. The van der Waals surface area contributed by atoms with Crippen LogP contribution in [0, 0.1) is 12.8 Å². The highest BCUT2D eigenvalue weighted by Crippen LogP contribution is 2.35. The van der Waals surface area contributed by atoms with Crippen molar-refractivity contribution in [1.29, 1.82) is 0 Å². The number of nitrogens with zero attached hydrogens (tertiary/aromatic N) is 2. The molecule has 0 saturated heterocycles. The number of aromatic nitrogens is 2. The van der Waals surface area contributed by atoms with Crippen LogP contribution < -0.4 is 4.74 Å². The van der Waals surface area contributed by atoms with Crippen LogP contribution in [0.1, 0.15) is 25.2 Å². The van der Waals surface area contributed by atoms with Crippen molar-refractivity contribution in [1.82, 2.24) is 9.97 Å². The molecule has 0 aliphatic rings. The lowest BCUT2D eigenvalue weighted by Crippen LogP contribution is -1.99. The highest BCUT2D eigenvalue weighted by Gasteiger charge is 2.16. The molecule has 0 unspecified atom stereocenters. The average Bonchev–Trinajstić information content (AvgIpc) is 2.89. The van der Waals surface area contributed by atoms with Gasteiger partial charge in [-0.2, -0.15) is 4.98 Å². The summed E-state index contributed by atoms with van der Waals surface area (Å²) in [6.07, 6.45) is 2.11. The van der Waals surface area contributed by atoms with Gasteiger partial charge in [0.15, 0.2) is 9.84 Å². The molecule has 0 aliphatic carbocycles. The first-order valence-corrected chi connectivity index (χ1v) is 10.7. The molecule has 0 N–H and O–H groups in total. The molecule has 0 spiro atoms. The van der Waals surface area contributed by atoms with Gasteiger partial charge in [0.2, 0.25) is 5.88 Å². The average molecular weight is 377 g/mol. The SMILES string of the molecule is Cc1nc(Oc2ccc(S(C)(=O)=O)cc2)c2c(CC(C)C)csc2n1. The minimum atomic E-state index is -3.22.